The SMILES string of the molecule is Cc1ncsc1CN1Cc2ccnn2C(COc2ccccn2)C1. The molecular weight excluding hydrogens is 322 g/mol. The van der Waals surface area contributed by atoms with Crippen LogP contribution in [0.2, 0.25) is 0 Å². The Morgan fingerprint density at radius 2 is 2.21 bits per heavy atom. The first-order chi connectivity index (χ1) is 11.8. The van der Waals surface area contributed by atoms with Gasteiger partial charge in [-0.05, 0) is 19.1 Å². The number of thiazole rings is 1. The molecule has 3 aromatic rings. The molecule has 124 valence electrons. The van der Waals surface area contributed by atoms with Gasteiger partial charge in [-0.3, -0.25) is 9.58 Å². The lowest BCUT2D eigenvalue weighted by molar-refractivity contribution is 0.126. The molecule has 0 aromatic carbocycles. The average molecular weight is 341 g/mol. The molecule has 0 saturated heterocycles. The summed E-state index contributed by atoms with van der Waals surface area (Å²) in [6.45, 7) is 5.35. The van der Waals surface area contributed by atoms with Crippen LogP contribution in [0.1, 0.15) is 22.3 Å². The molecule has 1 unspecified atom stereocenters. The van der Waals surface area contributed by atoms with Crippen molar-refractivity contribution in [2.75, 3.05) is 13.2 Å². The van der Waals surface area contributed by atoms with Crippen molar-refractivity contribution in [2.45, 2.75) is 26.1 Å². The van der Waals surface area contributed by atoms with E-state index in [4.69, 9.17) is 4.74 Å². The highest BCUT2D eigenvalue weighted by Gasteiger charge is 2.26. The van der Waals surface area contributed by atoms with Crippen LogP contribution in [0.5, 0.6) is 5.88 Å². The highest BCUT2D eigenvalue weighted by atomic mass is 32.1. The van der Waals surface area contributed by atoms with E-state index in [0.717, 1.165) is 25.3 Å². The normalized spacial score (nSPS) is 17.6. The third-order valence-corrected chi connectivity index (χ3v) is 5.15. The Bertz CT molecular complexity index is 800. The maximum atomic E-state index is 5.87. The van der Waals surface area contributed by atoms with Crippen molar-refractivity contribution in [3.05, 3.63) is 58.4 Å². The topological polar surface area (TPSA) is 56.1 Å². The number of aromatic nitrogens is 4. The molecule has 0 fully saturated rings. The molecule has 0 aliphatic carbocycles. The minimum atomic E-state index is 0.180. The number of aryl methyl sites for hydroxylation is 1. The molecule has 24 heavy (non-hydrogen) atoms. The first-order valence-corrected chi connectivity index (χ1v) is 8.85. The zero-order valence-corrected chi connectivity index (χ0v) is 14.3. The smallest absolute Gasteiger partial charge is 0.213 e. The van der Waals surface area contributed by atoms with E-state index in [1.54, 1.807) is 17.5 Å². The van der Waals surface area contributed by atoms with Gasteiger partial charge < -0.3 is 4.74 Å². The number of ether oxygens (including phenoxy) is 1. The number of fused-ring (bicyclic) bond motifs is 1. The fourth-order valence-corrected chi connectivity index (χ4v) is 3.82. The van der Waals surface area contributed by atoms with Gasteiger partial charge in [0.1, 0.15) is 6.61 Å². The predicted octanol–water partition coefficient (Wildman–Crippen LogP) is 2.68. The number of pyridine rings is 1. The molecule has 0 bridgehead atoms. The van der Waals surface area contributed by atoms with Crippen LogP contribution in [-0.4, -0.2) is 37.8 Å². The van der Waals surface area contributed by atoms with Crippen molar-refractivity contribution in [3.8, 4) is 5.88 Å². The molecule has 4 heterocycles. The van der Waals surface area contributed by atoms with Gasteiger partial charge in [-0.25, -0.2) is 9.97 Å². The predicted molar refractivity (Wildman–Crippen MR) is 92.0 cm³/mol. The van der Waals surface area contributed by atoms with Crippen LogP contribution in [0.4, 0.5) is 0 Å². The van der Waals surface area contributed by atoms with E-state index >= 15 is 0 Å². The van der Waals surface area contributed by atoms with E-state index in [9.17, 15) is 0 Å². The van der Waals surface area contributed by atoms with Crippen LogP contribution in [0.15, 0.2) is 42.2 Å². The summed E-state index contributed by atoms with van der Waals surface area (Å²) in [6.07, 6.45) is 3.61. The van der Waals surface area contributed by atoms with Gasteiger partial charge in [0.15, 0.2) is 0 Å². The summed E-state index contributed by atoms with van der Waals surface area (Å²) in [5.74, 6) is 0.654. The lowest BCUT2D eigenvalue weighted by atomic mass is 10.2. The Hall–Kier alpha value is -2.25. The van der Waals surface area contributed by atoms with Gasteiger partial charge in [0.25, 0.3) is 0 Å². The maximum absolute atomic E-state index is 5.87. The van der Waals surface area contributed by atoms with Gasteiger partial charge in [-0.2, -0.15) is 5.10 Å². The fraction of sp³-hybridized carbons (Fsp3) is 0.353. The molecule has 1 atom stereocenters. The molecule has 4 rings (SSSR count). The minimum absolute atomic E-state index is 0.180. The molecule has 1 aliphatic rings. The van der Waals surface area contributed by atoms with Gasteiger partial charge in [0.2, 0.25) is 5.88 Å². The molecule has 6 nitrogen and oxygen atoms in total. The summed E-state index contributed by atoms with van der Waals surface area (Å²) in [6, 6.07) is 7.96. The van der Waals surface area contributed by atoms with E-state index in [-0.39, 0.29) is 6.04 Å². The van der Waals surface area contributed by atoms with Crippen molar-refractivity contribution < 1.29 is 4.74 Å². The summed E-state index contributed by atoms with van der Waals surface area (Å²) < 4.78 is 7.95. The van der Waals surface area contributed by atoms with Gasteiger partial charge in [-0.15, -0.1) is 11.3 Å². The molecule has 7 heteroatoms. The van der Waals surface area contributed by atoms with Crippen molar-refractivity contribution in [1.82, 2.24) is 24.6 Å². The zero-order chi connectivity index (χ0) is 16.4. The monoisotopic (exact) mass is 341 g/mol. The molecule has 0 N–H and O–H groups in total. The van der Waals surface area contributed by atoms with Gasteiger partial charge in [0, 0.05) is 43.0 Å². The summed E-state index contributed by atoms with van der Waals surface area (Å²) in [5.41, 5.74) is 4.26. The first kappa shape index (κ1) is 15.3. The van der Waals surface area contributed by atoms with Gasteiger partial charge in [0.05, 0.1) is 22.9 Å². The second kappa shape index (κ2) is 6.70. The van der Waals surface area contributed by atoms with E-state index in [1.807, 2.05) is 29.9 Å². The number of hydrogen-bond acceptors (Lipinski definition) is 6. The van der Waals surface area contributed by atoms with E-state index in [2.05, 4.69) is 37.6 Å². The highest BCUT2D eigenvalue weighted by Crippen LogP contribution is 2.24. The molecule has 0 spiro atoms. The number of nitrogens with zero attached hydrogens (tertiary/aromatic N) is 5. The van der Waals surface area contributed by atoms with Crippen molar-refractivity contribution in [1.29, 1.82) is 0 Å². The number of rotatable bonds is 5. The Kier molecular flexibility index (Phi) is 4.27. The molecule has 3 aromatic heterocycles. The minimum Gasteiger partial charge on any atom is -0.475 e. The lowest BCUT2D eigenvalue weighted by Gasteiger charge is -2.33. The quantitative estimate of drug-likeness (QED) is 0.714. The van der Waals surface area contributed by atoms with Crippen LogP contribution in [0, 0.1) is 6.92 Å². The van der Waals surface area contributed by atoms with Crippen LogP contribution >= 0.6 is 11.3 Å². The van der Waals surface area contributed by atoms with Crippen molar-refractivity contribution in [3.63, 3.8) is 0 Å². The van der Waals surface area contributed by atoms with Crippen molar-refractivity contribution >= 4 is 11.3 Å². The van der Waals surface area contributed by atoms with Crippen LogP contribution in [-0.2, 0) is 13.1 Å². The molecule has 0 radical (unpaired) electrons. The molecular formula is C17H19N5OS. The van der Waals surface area contributed by atoms with Crippen molar-refractivity contribution in [2.24, 2.45) is 0 Å². The lowest BCUT2D eigenvalue weighted by Crippen LogP contribution is -2.39. The Balaban J connectivity index is 1.48. The zero-order valence-electron chi connectivity index (χ0n) is 13.5. The Morgan fingerprint density at radius 1 is 1.25 bits per heavy atom. The molecule has 0 saturated carbocycles. The second-order valence-corrected chi connectivity index (χ2v) is 6.87. The number of hydrogen-bond donors (Lipinski definition) is 0. The average Bonchev–Trinajstić information content (AvgIpc) is 3.23. The standard InChI is InChI=1S/C17H19N5OS/c1-13-16(24-12-19-13)10-21-8-14-5-7-20-22(14)15(9-21)11-23-17-4-2-3-6-18-17/h2-7,12,15H,8-11H2,1H3. The fourth-order valence-electron chi connectivity index (χ4n) is 3.00. The van der Waals surface area contributed by atoms with Crippen LogP contribution < -0.4 is 4.74 Å². The van der Waals surface area contributed by atoms with E-state index < -0.39 is 0 Å². The summed E-state index contributed by atoms with van der Waals surface area (Å²) in [7, 11) is 0. The largest absolute Gasteiger partial charge is 0.475 e. The Labute approximate surface area is 144 Å². The van der Waals surface area contributed by atoms with E-state index in [1.165, 1.54) is 10.6 Å². The first-order valence-electron chi connectivity index (χ1n) is 7.97. The van der Waals surface area contributed by atoms with E-state index in [0.29, 0.717) is 12.5 Å². The highest BCUT2D eigenvalue weighted by molar-refractivity contribution is 7.09. The second-order valence-electron chi connectivity index (χ2n) is 5.93. The molecule has 0 amide bonds. The molecule has 1 aliphatic heterocycles. The van der Waals surface area contributed by atoms with Gasteiger partial charge >= 0.3 is 0 Å². The van der Waals surface area contributed by atoms with Gasteiger partial charge in [-0.1, -0.05) is 6.07 Å². The summed E-state index contributed by atoms with van der Waals surface area (Å²) >= 11 is 1.72. The third-order valence-electron chi connectivity index (χ3n) is 4.23. The summed E-state index contributed by atoms with van der Waals surface area (Å²) in [4.78, 5) is 12.3. The third kappa shape index (κ3) is 3.18. The van der Waals surface area contributed by atoms with Crippen LogP contribution in [0.3, 0.4) is 0 Å². The Morgan fingerprint density at radius 3 is 3.00 bits per heavy atom. The van der Waals surface area contributed by atoms with Crippen LogP contribution in [0.25, 0.3) is 0 Å². The summed E-state index contributed by atoms with van der Waals surface area (Å²) in [5, 5.41) is 4.48. The maximum Gasteiger partial charge on any atom is 0.213 e.